The van der Waals surface area contributed by atoms with E-state index in [9.17, 15) is 19.1 Å². The molecule has 0 unspecified atom stereocenters. The molecule has 0 saturated carbocycles. The normalized spacial score (nSPS) is 25.5. The van der Waals surface area contributed by atoms with Gasteiger partial charge in [-0.1, -0.05) is 0 Å². The van der Waals surface area contributed by atoms with E-state index >= 15 is 0 Å². The summed E-state index contributed by atoms with van der Waals surface area (Å²) in [7, 11) is 0. The highest BCUT2D eigenvalue weighted by Gasteiger charge is 2.54. The molecule has 2 saturated heterocycles. The lowest BCUT2D eigenvalue weighted by atomic mass is 9.74. The Morgan fingerprint density at radius 1 is 1.36 bits per heavy atom. The van der Waals surface area contributed by atoms with Gasteiger partial charge in [-0.3, -0.25) is 9.59 Å². The molecule has 1 aromatic rings. The molecular weight excluding hydrogens is 329 g/mol. The fourth-order valence-corrected chi connectivity index (χ4v) is 3.59. The number of ether oxygens (including phenoxy) is 2. The lowest BCUT2D eigenvalue weighted by Crippen LogP contribution is -2.45. The highest BCUT2D eigenvalue weighted by atomic mass is 19.1. The summed E-state index contributed by atoms with van der Waals surface area (Å²) in [5.74, 6) is -0.802. The fourth-order valence-electron chi connectivity index (χ4n) is 3.59. The number of benzene rings is 1. The third kappa shape index (κ3) is 3.76. The fraction of sp³-hybridized carbons (Fsp3) is 0.556. The molecule has 7 heteroatoms. The van der Waals surface area contributed by atoms with Crippen LogP contribution < -0.4 is 4.74 Å². The number of likely N-dealkylation sites (tertiary alicyclic amines) is 1. The lowest BCUT2D eigenvalue weighted by Gasteiger charge is -2.33. The number of carboxylic acids is 1. The maximum absolute atomic E-state index is 12.8. The number of hydrogen-bond acceptors (Lipinski definition) is 4. The second-order valence-electron chi connectivity index (χ2n) is 6.66. The Morgan fingerprint density at radius 3 is 2.80 bits per heavy atom. The molecule has 0 spiro atoms. The van der Waals surface area contributed by atoms with E-state index < -0.39 is 11.4 Å². The zero-order valence-electron chi connectivity index (χ0n) is 13.9. The molecular formula is C18H22FNO5. The molecule has 1 aromatic carbocycles. The number of hydrogen-bond donors (Lipinski definition) is 1. The Hall–Kier alpha value is -2.15. The largest absolute Gasteiger partial charge is 0.494 e. The smallest absolute Gasteiger partial charge is 0.311 e. The topological polar surface area (TPSA) is 76.1 Å². The van der Waals surface area contributed by atoms with Crippen molar-refractivity contribution in [3.8, 4) is 5.75 Å². The first kappa shape index (κ1) is 17.7. The number of carbonyl (C=O) groups excluding carboxylic acids is 1. The van der Waals surface area contributed by atoms with E-state index in [0.29, 0.717) is 51.4 Å². The molecule has 2 heterocycles. The van der Waals surface area contributed by atoms with Gasteiger partial charge in [-0.2, -0.15) is 0 Å². The van der Waals surface area contributed by atoms with Gasteiger partial charge in [0.2, 0.25) is 5.91 Å². The van der Waals surface area contributed by atoms with Crippen LogP contribution in [0.5, 0.6) is 5.75 Å². The molecule has 2 fully saturated rings. The maximum atomic E-state index is 12.8. The molecule has 0 aromatic heterocycles. The predicted octanol–water partition coefficient (Wildman–Crippen LogP) is 1.93. The summed E-state index contributed by atoms with van der Waals surface area (Å²) in [6.45, 7) is 1.86. The Morgan fingerprint density at radius 2 is 2.12 bits per heavy atom. The van der Waals surface area contributed by atoms with Gasteiger partial charge in [0, 0.05) is 32.0 Å². The van der Waals surface area contributed by atoms with Gasteiger partial charge in [0.15, 0.2) is 0 Å². The summed E-state index contributed by atoms with van der Waals surface area (Å²) in [6.07, 6.45) is 1.27. The molecule has 2 atom stereocenters. The van der Waals surface area contributed by atoms with Gasteiger partial charge in [0.1, 0.15) is 11.6 Å². The van der Waals surface area contributed by atoms with Crippen molar-refractivity contribution in [3.63, 3.8) is 0 Å². The number of halogens is 1. The zero-order valence-corrected chi connectivity index (χ0v) is 13.9. The summed E-state index contributed by atoms with van der Waals surface area (Å²) in [5.41, 5.74) is -0.863. The number of fused-ring (bicyclic) bond motifs is 1. The van der Waals surface area contributed by atoms with E-state index in [4.69, 9.17) is 9.47 Å². The highest BCUT2D eigenvalue weighted by Crippen LogP contribution is 2.42. The quantitative estimate of drug-likeness (QED) is 0.793. The van der Waals surface area contributed by atoms with E-state index in [0.717, 1.165) is 0 Å². The molecule has 0 aliphatic carbocycles. The number of carboxylic acid groups (broad SMARTS) is 1. The summed E-state index contributed by atoms with van der Waals surface area (Å²) in [6, 6.07) is 5.72. The average Bonchev–Trinajstić information content (AvgIpc) is 3.01. The van der Waals surface area contributed by atoms with Crippen molar-refractivity contribution in [2.45, 2.75) is 19.3 Å². The Bertz CT molecular complexity index is 635. The van der Waals surface area contributed by atoms with Crippen molar-refractivity contribution >= 4 is 11.9 Å². The summed E-state index contributed by atoms with van der Waals surface area (Å²) >= 11 is 0. The number of aliphatic carboxylic acids is 1. The van der Waals surface area contributed by atoms with Crippen molar-refractivity contribution in [3.05, 3.63) is 30.1 Å². The van der Waals surface area contributed by atoms with Crippen molar-refractivity contribution in [2.75, 3.05) is 32.9 Å². The minimum absolute atomic E-state index is 0.0577. The molecule has 6 nitrogen and oxygen atoms in total. The first-order chi connectivity index (χ1) is 12.0. The van der Waals surface area contributed by atoms with Gasteiger partial charge in [0.05, 0.1) is 18.6 Å². The first-order valence-electron chi connectivity index (χ1n) is 8.48. The van der Waals surface area contributed by atoms with E-state index in [1.807, 2.05) is 0 Å². The summed E-state index contributed by atoms with van der Waals surface area (Å²) in [5, 5.41) is 9.62. The van der Waals surface area contributed by atoms with Crippen LogP contribution in [0.1, 0.15) is 19.3 Å². The molecule has 0 bridgehead atoms. The number of nitrogens with zero attached hydrogens (tertiary/aromatic N) is 1. The summed E-state index contributed by atoms with van der Waals surface area (Å²) in [4.78, 5) is 25.8. The van der Waals surface area contributed by atoms with Gasteiger partial charge in [-0.05, 0) is 37.1 Å². The van der Waals surface area contributed by atoms with Crippen LogP contribution in [0.4, 0.5) is 4.39 Å². The zero-order chi connectivity index (χ0) is 17.9. The van der Waals surface area contributed by atoms with Crippen LogP contribution in [0.15, 0.2) is 24.3 Å². The molecule has 2 aliphatic heterocycles. The minimum atomic E-state index is -0.863. The molecule has 0 radical (unpaired) electrons. The van der Waals surface area contributed by atoms with Crippen LogP contribution >= 0.6 is 0 Å². The van der Waals surface area contributed by atoms with Crippen molar-refractivity contribution in [2.24, 2.45) is 11.3 Å². The second-order valence-corrected chi connectivity index (χ2v) is 6.66. The van der Waals surface area contributed by atoms with Gasteiger partial charge in [-0.15, -0.1) is 0 Å². The van der Waals surface area contributed by atoms with Crippen LogP contribution in [0, 0.1) is 17.2 Å². The third-order valence-corrected chi connectivity index (χ3v) is 5.10. The second kappa shape index (κ2) is 7.39. The van der Waals surface area contributed by atoms with Crippen LogP contribution in [-0.2, 0) is 14.3 Å². The van der Waals surface area contributed by atoms with Gasteiger partial charge in [-0.25, -0.2) is 4.39 Å². The first-order valence-corrected chi connectivity index (χ1v) is 8.48. The SMILES string of the molecule is O=C(CCCOc1ccc(F)cc1)N1C[C@H]2COCC[C@@]2(C(=O)O)C1. The predicted molar refractivity (Wildman–Crippen MR) is 86.7 cm³/mol. The molecule has 2 aliphatic rings. The van der Waals surface area contributed by atoms with Crippen LogP contribution in [0.25, 0.3) is 0 Å². The highest BCUT2D eigenvalue weighted by molar-refractivity contribution is 5.81. The lowest BCUT2D eigenvalue weighted by molar-refractivity contribution is -0.157. The molecule has 3 rings (SSSR count). The minimum Gasteiger partial charge on any atom is -0.494 e. The van der Waals surface area contributed by atoms with Crippen LogP contribution in [0.2, 0.25) is 0 Å². The van der Waals surface area contributed by atoms with Crippen LogP contribution in [0.3, 0.4) is 0 Å². The van der Waals surface area contributed by atoms with Crippen molar-refractivity contribution in [1.29, 1.82) is 0 Å². The number of carbonyl (C=O) groups is 2. The van der Waals surface area contributed by atoms with E-state index in [1.54, 1.807) is 17.0 Å². The number of rotatable bonds is 6. The molecule has 1 N–H and O–H groups in total. The monoisotopic (exact) mass is 351 g/mol. The Labute approximate surface area is 145 Å². The van der Waals surface area contributed by atoms with Gasteiger partial charge >= 0.3 is 5.97 Å². The van der Waals surface area contributed by atoms with Crippen molar-refractivity contribution in [1.82, 2.24) is 4.90 Å². The third-order valence-electron chi connectivity index (χ3n) is 5.10. The van der Waals surface area contributed by atoms with E-state index in [-0.39, 0.29) is 24.2 Å². The Kier molecular flexibility index (Phi) is 5.22. The summed E-state index contributed by atoms with van der Waals surface area (Å²) < 4.78 is 23.7. The standard InChI is InChI=1S/C18H22FNO5/c19-14-3-5-15(6-4-14)25-8-1-2-16(21)20-10-13-11-24-9-7-18(13,12-20)17(22)23/h3-6,13H,1-2,7-12H2,(H,22,23)/t13-,18+/m0/s1. The van der Waals surface area contributed by atoms with Crippen molar-refractivity contribution < 1.29 is 28.6 Å². The van der Waals surface area contributed by atoms with E-state index in [1.165, 1.54) is 12.1 Å². The van der Waals surface area contributed by atoms with Crippen LogP contribution in [-0.4, -0.2) is 54.8 Å². The van der Waals surface area contributed by atoms with Gasteiger partial charge in [0.25, 0.3) is 0 Å². The average molecular weight is 351 g/mol. The van der Waals surface area contributed by atoms with Gasteiger partial charge < -0.3 is 19.5 Å². The molecule has 25 heavy (non-hydrogen) atoms. The van der Waals surface area contributed by atoms with E-state index in [2.05, 4.69) is 0 Å². The Balaban J connectivity index is 1.47. The molecule has 1 amide bonds. The molecule has 136 valence electrons. The maximum Gasteiger partial charge on any atom is 0.311 e. The number of amides is 1.